The van der Waals surface area contributed by atoms with Crippen LogP contribution in [0, 0.1) is 5.92 Å². The van der Waals surface area contributed by atoms with Gasteiger partial charge in [0, 0.05) is 24.5 Å². The van der Waals surface area contributed by atoms with Gasteiger partial charge in [-0.25, -0.2) is 4.98 Å². The van der Waals surface area contributed by atoms with Crippen molar-refractivity contribution in [1.82, 2.24) is 19.3 Å². The number of primary amides is 2. The van der Waals surface area contributed by atoms with E-state index in [4.69, 9.17) is 21.2 Å². The van der Waals surface area contributed by atoms with Gasteiger partial charge < -0.3 is 26.1 Å². The highest BCUT2D eigenvalue weighted by molar-refractivity contribution is 5.91. The van der Waals surface area contributed by atoms with E-state index in [1.807, 2.05) is 12.1 Å². The number of rotatable bonds is 7. The molecule has 1 aliphatic heterocycles. The molecule has 0 saturated heterocycles. The lowest BCUT2D eigenvalue weighted by Gasteiger charge is -2.20. The van der Waals surface area contributed by atoms with Gasteiger partial charge in [-0.05, 0) is 45.1 Å². The summed E-state index contributed by atoms with van der Waals surface area (Å²) in [6.07, 6.45) is 6.29. The maximum Gasteiger partial charge on any atom is 0.244 e. The second kappa shape index (κ2) is 7.25. The average molecular weight is 438 g/mol. The maximum absolute atomic E-state index is 11.9. The Hall–Kier alpha value is -3.56. The van der Waals surface area contributed by atoms with Crippen molar-refractivity contribution in [3.8, 4) is 17.1 Å². The van der Waals surface area contributed by atoms with Crippen molar-refractivity contribution in [3.63, 3.8) is 0 Å². The summed E-state index contributed by atoms with van der Waals surface area (Å²) in [4.78, 5) is 28.6. The van der Waals surface area contributed by atoms with Gasteiger partial charge in [-0.15, -0.1) is 0 Å². The first-order valence-corrected chi connectivity index (χ1v) is 10.8. The van der Waals surface area contributed by atoms with Gasteiger partial charge >= 0.3 is 0 Å². The SMILES string of the molecule is CC(C)(C(N)=O)n1cc(-c2nc3cc(N[C@H](C(N)=O)C4CC4)cc4c3n2CCCO4)cn1. The van der Waals surface area contributed by atoms with Crippen LogP contribution in [0.1, 0.15) is 33.1 Å². The fraction of sp³-hybridized carbons (Fsp3) is 0.455. The van der Waals surface area contributed by atoms with Gasteiger partial charge in [0.05, 0.1) is 23.9 Å². The first kappa shape index (κ1) is 20.3. The van der Waals surface area contributed by atoms with Crippen LogP contribution < -0.4 is 21.5 Å². The van der Waals surface area contributed by atoms with Crippen molar-refractivity contribution in [1.29, 1.82) is 0 Å². The Morgan fingerprint density at radius 1 is 1.28 bits per heavy atom. The number of hydrogen-bond acceptors (Lipinski definition) is 6. The molecule has 2 aliphatic rings. The summed E-state index contributed by atoms with van der Waals surface area (Å²) in [5, 5.41) is 7.65. The third-order valence-corrected chi connectivity index (χ3v) is 6.33. The van der Waals surface area contributed by atoms with Crippen LogP contribution in [0.5, 0.6) is 5.75 Å². The van der Waals surface area contributed by atoms with E-state index >= 15 is 0 Å². The zero-order valence-corrected chi connectivity index (χ0v) is 18.2. The molecule has 168 valence electrons. The number of carbonyl (C=O) groups is 2. The molecule has 0 spiro atoms. The molecule has 0 bridgehead atoms. The Bertz CT molecular complexity index is 1220. The topological polar surface area (TPSA) is 143 Å². The first-order chi connectivity index (χ1) is 15.3. The fourth-order valence-corrected chi connectivity index (χ4v) is 4.15. The average Bonchev–Trinajstić information content (AvgIpc) is 3.39. The van der Waals surface area contributed by atoms with Crippen LogP contribution in [-0.2, 0) is 21.7 Å². The minimum atomic E-state index is -0.957. The zero-order chi connectivity index (χ0) is 22.6. The molecule has 2 amide bonds. The minimum Gasteiger partial charge on any atom is -0.491 e. The Labute approximate surface area is 184 Å². The molecule has 32 heavy (non-hydrogen) atoms. The van der Waals surface area contributed by atoms with E-state index in [9.17, 15) is 9.59 Å². The van der Waals surface area contributed by atoms with Crippen LogP contribution in [0.25, 0.3) is 22.4 Å². The third kappa shape index (κ3) is 3.35. The van der Waals surface area contributed by atoms with Crippen LogP contribution in [0.4, 0.5) is 5.69 Å². The van der Waals surface area contributed by atoms with Crippen LogP contribution in [0.15, 0.2) is 24.5 Å². The highest BCUT2D eigenvalue weighted by Crippen LogP contribution is 2.38. The maximum atomic E-state index is 11.9. The molecule has 1 saturated carbocycles. The minimum absolute atomic E-state index is 0.274. The van der Waals surface area contributed by atoms with Gasteiger partial charge in [-0.1, -0.05) is 0 Å². The molecule has 0 unspecified atom stereocenters. The number of aromatic nitrogens is 4. The molecular formula is C22H27N7O3. The second-order valence-electron chi connectivity index (χ2n) is 9.09. The second-order valence-corrected chi connectivity index (χ2v) is 9.09. The summed E-state index contributed by atoms with van der Waals surface area (Å²) < 4.78 is 9.70. The Kier molecular flexibility index (Phi) is 4.61. The predicted octanol–water partition coefficient (Wildman–Crippen LogP) is 1.58. The first-order valence-electron chi connectivity index (χ1n) is 10.8. The largest absolute Gasteiger partial charge is 0.491 e. The van der Waals surface area contributed by atoms with Gasteiger partial charge in [0.15, 0.2) is 0 Å². The Morgan fingerprint density at radius 3 is 2.75 bits per heavy atom. The summed E-state index contributed by atoms with van der Waals surface area (Å²) in [5.74, 6) is 0.907. The number of aryl methyl sites for hydroxylation is 1. The lowest BCUT2D eigenvalue weighted by atomic mass is 10.1. The van der Waals surface area contributed by atoms with E-state index in [-0.39, 0.29) is 11.8 Å². The number of amides is 2. The van der Waals surface area contributed by atoms with Gasteiger partial charge in [0.25, 0.3) is 0 Å². The van der Waals surface area contributed by atoms with Crippen molar-refractivity contribution in [2.75, 3.05) is 11.9 Å². The number of anilines is 1. The number of imidazole rings is 1. The quantitative estimate of drug-likeness (QED) is 0.512. The summed E-state index contributed by atoms with van der Waals surface area (Å²) in [6, 6.07) is 3.43. The molecule has 1 aliphatic carbocycles. The van der Waals surface area contributed by atoms with Crippen molar-refractivity contribution in [2.45, 2.75) is 51.2 Å². The number of carbonyl (C=O) groups excluding carboxylic acids is 2. The molecule has 3 aromatic rings. The van der Waals surface area contributed by atoms with Crippen LogP contribution in [0.3, 0.4) is 0 Å². The van der Waals surface area contributed by atoms with Gasteiger partial charge in [-0.3, -0.25) is 14.3 Å². The number of nitrogens with one attached hydrogen (secondary N) is 1. The monoisotopic (exact) mass is 437 g/mol. The van der Waals surface area contributed by atoms with Crippen molar-refractivity contribution in [2.24, 2.45) is 17.4 Å². The molecule has 5 rings (SSSR count). The standard InChI is InChI=1S/C22H27N7O3/c1-22(2,21(24)31)29-11-13(10-25-29)20-27-15-8-14(26-17(19(23)30)12-4-5-12)9-16-18(15)28(20)6-3-7-32-16/h8-12,17,26H,3-7H2,1-2H3,(H2,23,30)(H2,24,31)/t17-/m0/s1. The Morgan fingerprint density at radius 2 is 2.06 bits per heavy atom. The Balaban J connectivity index is 1.58. The number of benzene rings is 1. The van der Waals surface area contributed by atoms with E-state index in [1.165, 1.54) is 0 Å². The van der Waals surface area contributed by atoms with Crippen molar-refractivity contribution >= 4 is 28.5 Å². The molecule has 1 fully saturated rings. The van der Waals surface area contributed by atoms with Gasteiger partial charge in [0.2, 0.25) is 11.8 Å². The van der Waals surface area contributed by atoms with E-state index in [0.29, 0.717) is 12.4 Å². The molecule has 10 heteroatoms. The van der Waals surface area contributed by atoms with Crippen molar-refractivity contribution in [3.05, 3.63) is 24.5 Å². The lowest BCUT2D eigenvalue weighted by Crippen LogP contribution is -2.41. The predicted molar refractivity (Wildman–Crippen MR) is 119 cm³/mol. The van der Waals surface area contributed by atoms with Gasteiger partial charge in [-0.2, -0.15) is 5.10 Å². The molecule has 10 nitrogen and oxygen atoms in total. The highest BCUT2D eigenvalue weighted by atomic mass is 16.5. The fourth-order valence-electron chi connectivity index (χ4n) is 4.15. The van der Waals surface area contributed by atoms with E-state index < -0.39 is 17.5 Å². The highest BCUT2D eigenvalue weighted by Gasteiger charge is 2.35. The van der Waals surface area contributed by atoms with Crippen LogP contribution >= 0.6 is 0 Å². The molecule has 1 atom stereocenters. The third-order valence-electron chi connectivity index (χ3n) is 6.33. The van der Waals surface area contributed by atoms with Crippen LogP contribution in [0.2, 0.25) is 0 Å². The molecule has 1 aromatic carbocycles. The zero-order valence-electron chi connectivity index (χ0n) is 18.2. The number of ether oxygens (including phenoxy) is 1. The smallest absolute Gasteiger partial charge is 0.244 e. The molecule has 0 radical (unpaired) electrons. The number of nitrogens with zero attached hydrogens (tertiary/aromatic N) is 4. The van der Waals surface area contributed by atoms with E-state index in [1.54, 1.807) is 30.9 Å². The summed E-state index contributed by atoms with van der Waals surface area (Å²) in [5.41, 5.74) is 13.4. The van der Waals surface area contributed by atoms with Crippen LogP contribution in [-0.4, -0.2) is 43.8 Å². The van der Waals surface area contributed by atoms with Crippen molar-refractivity contribution < 1.29 is 14.3 Å². The lowest BCUT2D eigenvalue weighted by molar-refractivity contribution is -0.125. The van der Waals surface area contributed by atoms with Gasteiger partial charge in [0.1, 0.15) is 28.7 Å². The molecule has 3 heterocycles. The number of hydrogen-bond donors (Lipinski definition) is 3. The van der Waals surface area contributed by atoms with E-state index in [2.05, 4.69) is 15.0 Å². The summed E-state index contributed by atoms with van der Waals surface area (Å²) in [7, 11) is 0. The summed E-state index contributed by atoms with van der Waals surface area (Å²) in [6.45, 7) is 4.77. The summed E-state index contributed by atoms with van der Waals surface area (Å²) >= 11 is 0. The number of nitrogens with two attached hydrogens (primary N) is 2. The molecule has 5 N–H and O–H groups in total. The van der Waals surface area contributed by atoms with E-state index in [0.717, 1.165) is 53.9 Å². The normalized spacial score (nSPS) is 16.9. The molecular weight excluding hydrogens is 410 g/mol. The molecule has 2 aromatic heterocycles.